The summed E-state index contributed by atoms with van der Waals surface area (Å²) in [5, 5.41) is 7.64. The zero-order valence-corrected chi connectivity index (χ0v) is 21.7. The lowest BCUT2D eigenvalue weighted by atomic mass is 9.76. The first-order valence-corrected chi connectivity index (χ1v) is 13.3. The number of ether oxygens (including phenoxy) is 2. The van der Waals surface area contributed by atoms with Crippen LogP contribution in [0.2, 0.25) is 0 Å². The molecule has 4 heteroatoms. The van der Waals surface area contributed by atoms with Crippen LogP contribution in [0.4, 0.5) is 0 Å². The van der Waals surface area contributed by atoms with E-state index in [0.717, 1.165) is 65.3 Å². The average Bonchev–Trinajstić information content (AvgIpc) is 3.01. The molecule has 0 saturated carbocycles. The van der Waals surface area contributed by atoms with Crippen molar-refractivity contribution in [2.45, 2.75) is 0 Å². The number of methoxy groups -OCH3 is 2. The lowest BCUT2D eigenvalue weighted by Gasteiger charge is -2.27. The highest BCUT2D eigenvalue weighted by atomic mass is 16.5. The molecule has 0 aromatic heterocycles. The van der Waals surface area contributed by atoms with E-state index in [1.54, 1.807) is 14.2 Å². The van der Waals surface area contributed by atoms with Crippen LogP contribution in [0.1, 0.15) is 31.8 Å². The van der Waals surface area contributed by atoms with E-state index in [4.69, 9.17) is 9.47 Å². The second-order valence-corrected chi connectivity index (χ2v) is 10.6. The summed E-state index contributed by atoms with van der Waals surface area (Å²) in [6.45, 7) is 0. The smallest absolute Gasteiger partial charge is 0.194 e. The van der Waals surface area contributed by atoms with Crippen LogP contribution in [0.15, 0.2) is 84.9 Å². The fourth-order valence-corrected chi connectivity index (χ4v) is 7.28. The highest BCUT2D eigenvalue weighted by Crippen LogP contribution is 2.54. The average molecular weight is 517 g/mol. The summed E-state index contributed by atoms with van der Waals surface area (Å²) in [4.78, 5) is 27.6. The fraction of sp³-hybridized carbons (Fsp3) is 0.0556. The van der Waals surface area contributed by atoms with Crippen LogP contribution in [0.3, 0.4) is 0 Å². The van der Waals surface area contributed by atoms with Gasteiger partial charge in [0.25, 0.3) is 0 Å². The quantitative estimate of drug-likeness (QED) is 0.172. The highest BCUT2D eigenvalue weighted by Gasteiger charge is 2.33. The van der Waals surface area contributed by atoms with Crippen LogP contribution in [0.5, 0.6) is 11.5 Å². The summed E-state index contributed by atoms with van der Waals surface area (Å²) in [6, 6.07) is 27.8. The zero-order chi connectivity index (χ0) is 26.9. The van der Waals surface area contributed by atoms with Crippen LogP contribution in [-0.2, 0) is 0 Å². The van der Waals surface area contributed by atoms with Gasteiger partial charge < -0.3 is 9.47 Å². The molecule has 0 heterocycles. The first-order chi connectivity index (χ1) is 19.6. The Morgan fingerprint density at radius 3 is 1.43 bits per heavy atom. The number of carbonyl (C=O) groups excluding carboxylic acids is 2. The van der Waals surface area contributed by atoms with Gasteiger partial charge in [0.05, 0.1) is 14.2 Å². The van der Waals surface area contributed by atoms with Gasteiger partial charge in [0, 0.05) is 54.6 Å². The standard InChI is InChI=1S/C36H20O4/c1-39-27-15-25-18-8-4-6-10-23(18)35(37)24-14-13-21-20-12-11-19-17-7-3-5-9-22(17)36(38)26-16-28(40-2)34(31(20)29(19)26)33(27)32(21)30(24)25/h3-16H,1-2H3. The van der Waals surface area contributed by atoms with Crippen molar-refractivity contribution < 1.29 is 19.1 Å². The molecule has 0 N–H and O–H groups in total. The molecule has 0 radical (unpaired) electrons. The van der Waals surface area contributed by atoms with Gasteiger partial charge in [0.1, 0.15) is 11.5 Å². The summed E-state index contributed by atoms with van der Waals surface area (Å²) in [7, 11) is 3.32. The molecular weight excluding hydrogens is 496 g/mol. The predicted molar refractivity (Wildman–Crippen MR) is 158 cm³/mol. The maximum Gasteiger partial charge on any atom is 0.194 e. The van der Waals surface area contributed by atoms with E-state index in [0.29, 0.717) is 33.8 Å². The van der Waals surface area contributed by atoms with Crippen LogP contribution in [0, 0.1) is 0 Å². The molecule has 40 heavy (non-hydrogen) atoms. The van der Waals surface area contributed by atoms with E-state index in [-0.39, 0.29) is 11.6 Å². The molecular formula is C36H20O4. The molecule has 7 aromatic carbocycles. The van der Waals surface area contributed by atoms with E-state index in [1.807, 2.05) is 66.7 Å². The van der Waals surface area contributed by atoms with Crippen LogP contribution in [0.25, 0.3) is 65.3 Å². The third-order valence-electron chi connectivity index (χ3n) is 8.89. The van der Waals surface area contributed by atoms with Crippen molar-refractivity contribution in [3.63, 3.8) is 0 Å². The van der Waals surface area contributed by atoms with E-state index < -0.39 is 0 Å². The number of hydrogen-bond donors (Lipinski definition) is 0. The molecule has 2 aliphatic carbocycles. The molecule has 0 aliphatic heterocycles. The lowest BCUT2D eigenvalue weighted by Crippen LogP contribution is -2.12. The maximum absolute atomic E-state index is 13.8. The molecule has 0 bridgehead atoms. The Morgan fingerprint density at radius 2 is 0.850 bits per heavy atom. The minimum atomic E-state index is -0.00434. The Hall–Kier alpha value is -5.22. The van der Waals surface area contributed by atoms with Gasteiger partial charge in [-0.2, -0.15) is 0 Å². The summed E-state index contributed by atoms with van der Waals surface area (Å²) in [5.74, 6) is 1.34. The van der Waals surface area contributed by atoms with Crippen molar-refractivity contribution in [2.75, 3.05) is 14.2 Å². The van der Waals surface area contributed by atoms with Crippen LogP contribution in [-0.4, -0.2) is 25.8 Å². The minimum absolute atomic E-state index is 0.00434. The van der Waals surface area contributed by atoms with Crippen molar-refractivity contribution in [3.05, 3.63) is 107 Å². The van der Waals surface area contributed by atoms with Crippen molar-refractivity contribution >= 4 is 54.7 Å². The van der Waals surface area contributed by atoms with Gasteiger partial charge in [-0.25, -0.2) is 0 Å². The van der Waals surface area contributed by atoms with E-state index in [2.05, 4.69) is 18.2 Å². The van der Waals surface area contributed by atoms with Crippen LogP contribution >= 0.6 is 0 Å². The number of carbonyl (C=O) groups is 2. The zero-order valence-electron chi connectivity index (χ0n) is 21.7. The molecule has 4 nitrogen and oxygen atoms in total. The second kappa shape index (κ2) is 7.25. The molecule has 0 unspecified atom stereocenters. The monoisotopic (exact) mass is 516 g/mol. The Kier molecular flexibility index (Phi) is 3.93. The normalized spacial score (nSPS) is 13.3. The third-order valence-corrected chi connectivity index (χ3v) is 8.89. The molecule has 188 valence electrons. The molecule has 0 saturated heterocycles. The minimum Gasteiger partial charge on any atom is -0.496 e. The molecule has 0 spiro atoms. The van der Waals surface area contributed by atoms with Crippen molar-refractivity contribution in [3.8, 4) is 33.8 Å². The van der Waals surface area contributed by atoms with Crippen molar-refractivity contribution in [1.82, 2.24) is 0 Å². The lowest BCUT2D eigenvalue weighted by molar-refractivity contribution is 0.103. The largest absolute Gasteiger partial charge is 0.496 e. The van der Waals surface area contributed by atoms with Crippen molar-refractivity contribution in [1.29, 1.82) is 0 Å². The molecule has 0 fully saturated rings. The van der Waals surface area contributed by atoms with Gasteiger partial charge in [-0.05, 0) is 51.2 Å². The SMILES string of the molecule is COc1cc2c3c(ccc4c5ccc6c7c(cc(OC)c(c1c34)c75)-c1ccccc1C6=O)-c1ccccc1C2=O. The van der Waals surface area contributed by atoms with Gasteiger partial charge in [0.2, 0.25) is 0 Å². The number of ketones is 2. The Balaban J connectivity index is 1.59. The maximum atomic E-state index is 13.8. The molecule has 2 aliphatic rings. The molecule has 9 rings (SSSR count). The highest BCUT2D eigenvalue weighted by molar-refractivity contribution is 6.43. The summed E-state index contributed by atoms with van der Waals surface area (Å²) in [5.41, 5.74) is 6.59. The fourth-order valence-electron chi connectivity index (χ4n) is 7.28. The Morgan fingerprint density at radius 1 is 0.400 bits per heavy atom. The predicted octanol–water partition coefficient (Wildman–Crippen LogP) is 8.18. The Bertz CT molecular complexity index is 2300. The topological polar surface area (TPSA) is 52.6 Å². The number of benzene rings is 7. The van der Waals surface area contributed by atoms with Gasteiger partial charge >= 0.3 is 0 Å². The number of rotatable bonds is 2. The first-order valence-electron chi connectivity index (χ1n) is 13.3. The summed E-state index contributed by atoms with van der Waals surface area (Å²) < 4.78 is 12.1. The second-order valence-electron chi connectivity index (χ2n) is 10.6. The number of fused-ring (bicyclic) bond motifs is 6. The van der Waals surface area contributed by atoms with Gasteiger partial charge in [-0.3, -0.25) is 9.59 Å². The van der Waals surface area contributed by atoms with Gasteiger partial charge in [0.15, 0.2) is 11.6 Å². The summed E-state index contributed by atoms with van der Waals surface area (Å²) in [6.07, 6.45) is 0. The Labute approximate surface area is 228 Å². The van der Waals surface area contributed by atoms with Crippen LogP contribution < -0.4 is 9.47 Å². The molecule has 0 atom stereocenters. The molecule has 7 aromatic rings. The van der Waals surface area contributed by atoms with Crippen molar-refractivity contribution in [2.24, 2.45) is 0 Å². The first kappa shape index (κ1) is 21.7. The van der Waals surface area contributed by atoms with E-state index in [9.17, 15) is 9.59 Å². The number of hydrogen-bond acceptors (Lipinski definition) is 4. The van der Waals surface area contributed by atoms with E-state index in [1.165, 1.54) is 0 Å². The van der Waals surface area contributed by atoms with Gasteiger partial charge in [-0.1, -0.05) is 66.7 Å². The summed E-state index contributed by atoms with van der Waals surface area (Å²) >= 11 is 0. The van der Waals surface area contributed by atoms with E-state index >= 15 is 0 Å². The third kappa shape index (κ3) is 2.35. The van der Waals surface area contributed by atoms with Gasteiger partial charge in [-0.15, -0.1) is 0 Å². The molecule has 0 amide bonds.